The van der Waals surface area contributed by atoms with E-state index in [0.717, 1.165) is 19.3 Å². The van der Waals surface area contributed by atoms with Crippen molar-refractivity contribution >= 4 is 5.97 Å². The summed E-state index contributed by atoms with van der Waals surface area (Å²) in [6, 6.07) is 0. The van der Waals surface area contributed by atoms with Crippen LogP contribution in [0.15, 0.2) is 12.2 Å². The highest BCUT2D eigenvalue weighted by atomic mass is 16.5. The summed E-state index contributed by atoms with van der Waals surface area (Å²) in [5.41, 5.74) is 0. The van der Waals surface area contributed by atoms with E-state index in [0.29, 0.717) is 0 Å². The molecule has 0 aromatic heterocycles. The number of ether oxygens (including phenoxy) is 1. The van der Waals surface area contributed by atoms with Crippen molar-refractivity contribution in [1.82, 2.24) is 0 Å². The number of carbonyl (C=O) groups is 1. The molecule has 0 heterocycles. The van der Waals surface area contributed by atoms with Crippen LogP contribution in [0.3, 0.4) is 0 Å². The van der Waals surface area contributed by atoms with Crippen LogP contribution in [0.4, 0.5) is 0 Å². The topological polar surface area (TPSA) is 26.3 Å². The van der Waals surface area contributed by atoms with Gasteiger partial charge in [0.15, 0.2) is 6.10 Å². The Labute approximate surface area is 80.0 Å². The number of carbonyl (C=O) groups excluding carboxylic acids is 1. The first kappa shape index (κ1) is 11.8. The molecule has 0 spiro atoms. The van der Waals surface area contributed by atoms with E-state index in [9.17, 15) is 4.79 Å². The van der Waals surface area contributed by atoms with Crippen LogP contribution in [-0.2, 0) is 9.53 Å². The molecule has 0 aromatic carbocycles. The molecule has 0 bridgehead atoms. The summed E-state index contributed by atoms with van der Waals surface area (Å²) >= 11 is 0. The third-order valence-electron chi connectivity index (χ3n) is 1.51. The summed E-state index contributed by atoms with van der Waals surface area (Å²) in [6.07, 6.45) is 11.0. The van der Waals surface area contributed by atoms with Crippen molar-refractivity contribution in [1.29, 1.82) is 0 Å². The van der Waals surface area contributed by atoms with Crippen LogP contribution in [0.5, 0.6) is 0 Å². The molecule has 0 aliphatic carbocycles. The summed E-state index contributed by atoms with van der Waals surface area (Å²) in [5.74, 6) is 1.96. The number of hydrogen-bond donors (Lipinski definition) is 0. The van der Waals surface area contributed by atoms with E-state index in [-0.39, 0.29) is 5.97 Å². The van der Waals surface area contributed by atoms with Gasteiger partial charge in [-0.15, -0.1) is 6.42 Å². The monoisotopic (exact) mass is 180 g/mol. The third-order valence-corrected chi connectivity index (χ3v) is 1.51. The highest BCUT2D eigenvalue weighted by molar-refractivity contribution is 5.82. The lowest BCUT2D eigenvalue weighted by Crippen LogP contribution is -2.10. The molecule has 0 saturated carbocycles. The molecule has 13 heavy (non-hydrogen) atoms. The Morgan fingerprint density at radius 1 is 1.69 bits per heavy atom. The average molecular weight is 180 g/mol. The van der Waals surface area contributed by atoms with E-state index < -0.39 is 6.10 Å². The van der Waals surface area contributed by atoms with E-state index in [2.05, 4.69) is 12.8 Å². The molecule has 0 amide bonds. The van der Waals surface area contributed by atoms with Gasteiger partial charge in [0.2, 0.25) is 0 Å². The fourth-order valence-corrected chi connectivity index (χ4v) is 0.749. The minimum Gasteiger partial charge on any atom is -0.446 e. The van der Waals surface area contributed by atoms with Gasteiger partial charge in [-0.3, -0.25) is 0 Å². The lowest BCUT2D eigenvalue weighted by Gasteiger charge is -2.02. The van der Waals surface area contributed by atoms with Crippen molar-refractivity contribution < 1.29 is 9.53 Å². The van der Waals surface area contributed by atoms with E-state index in [1.807, 2.05) is 6.08 Å². The SMILES string of the molecule is C#CC(C)OC(=O)/C=C/CCCC. The van der Waals surface area contributed by atoms with Crippen LogP contribution >= 0.6 is 0 Å². The van der Waals surface area contributed by atoms with Gasteiger partial charge in [-0.05, 0) is 13.3 Å². The third kappa shape index (κ3) is 7.14. The second kappa shape index (κ2) is 7.42. The number of terminal acetylenes is 1. The number of allylic oxidation sites excluding steroid dienone is 1. The zero-order valence-corrected chi connectivity index (χ0v) is 8.25. The number of hydrogen-bond acceptors (Lipinski definition) is 2. The first-order chi connectivity index (χ1) is 6.20. The summed E-state index contributed by atoms with van der Waals surface area (Å²) in [7, 11) is 0. The van der Waals surface area contributed by atoms with Crippen LogP contribution in [0.2, 0.25) is 0 Å². The molecule has 0 aromatic rings. The van der Waals surface area contributed by atoms with Crippen LogP contribution in [0.1, 0.15) is 33.1 Å². The van der Waals surface area contributed by atoms with Gasteiger partial charge in [0.1, 0.15) is 0 Å². The smallest absolute Gasteiger partial charge is 0.331 e. The molecule has 0 saturated heterocycles. The minimum absolute atomic E-state index is 0.360. The van der Waals surface area contributed by atoms with Crippen molar-refractivity contribution in [2.75, 3.05) is 0 Å². The Bertz CT molecular complexity index is 211. The Kier molecular flexibility index (Phi) is 6.72. The van der Waals surface area contributed by atoms with E-state index in [1.54, 1.807) is 6.92 Å². The van der Waals surface area contributed by atoms with E-state index in [1.165, 1.54) is 6.08 Å². The van der Waals surface area contributed by atoms with Gasteiger partial charge in [0.05, 0.1) is 0 Å². The number of esters is 1. The molecule has 0 aliphatic heterocycles. The predicted molar refractivity (Wildman–Crippen MR) is 53.1 cm³/mol. The molecule has 0 radical (unpaired) electrons. The normalized spacial score (nSPS) is 12.4. The highest BCUT2D eigenvalue weighted by Crippen LogP contribution is 1.96. The maximum Gasteiger partial charge on any atom is 0.331 e. The van der Waals surface area contributed by atoms with Gasteiger partial charge in [-0.25, -0.2) is 4.79 Å². The molecule has 0 fully saturated rings. The van der Waals surface area contributed by atoms with Crippen molar-refractivity contribution in [2.24, 2.45) is 0 Å². The zero-order valence-electron chi connectivity index (χ0n) is 8.25. The Morgan fingerprint density at radius 2 is 2.38 bits per heavy atom. The summed E-state index contributed by atoms with van der Waals surface area (Å²) in [5, 5.41) is 0. The molecule has 0 aliphatic rings. The molecule has 2 heteroatoms. The summed E-state index contributed by atoms with van der Waals surface area (Å²) in [6.45, 7) is 3.77. The fourth-order valence-electron chi connectivity index (χ4n) is 0.749. The van der Waals surface area contributed by atoms with Gasteiger partial charge in [0.25, 0.3) is 0 Å². The van der Waals surface area contributed by atoms with Crippen molar-refractivity contribution in [3.63, 3.8) is 0 Å². The molecular weight excluding hydrogens is 164 g/mol. The first-order valence-electron chi connectivity index (χ1n) is 4.54. The van der Waals surface area contributed by atoms with E-state index in [4.69, 9.17) is 11.2 Å². The van der Waals surface area contributed by atoms with Crippen LogP contribution < -0.4 is 0 Å². The standard InChI is InChI=1S/C11H16O2/c1-4-6-7-8-9-11(12)13-10(3)5-2/h2,8-10H,4,6-7H2,1,3H3/b9-8+. The maximum atomic E-state index is 11.0. The molecule has 72 valence electrons. The van der Waals surface area contributed by atoms with Gasteiger partial charge in [-0.2, -0.15) is 0 Å². The Morgan fingerprint density at radius 3 is 2.92 bits per heavy atom. The molecule has 0 rings (SSSR count). The minimum atomic E-state index is -0.441. The van der Waals surface area contributed by atoms with Crippen LogP contribution in [0.25, 0.3) is 0 Å². The van der Waals surface area contributed by atoms with Gasteiger partial charge >= 0.3 is 5.97 Å². The second-order valence-electron chi connectivity index (χ2n) is 2.79. The largest absolute Gasteiger partial charge is 0.446 e. The van der Waals surface area contributed by atoms with Crippen molar-refractivity contribution in [3.8, 4) is 12.3 Å². The molecule has 2 nitrogen and oxygen atoms in total. The molecular formula is C11H16O2. The summed E-state index contributed by atoms with van der Waals surface area (Å²) in [4.78, 5) is 11.0. The number of rotatable bonds is 5. The average Bonchev–Trinajstić information content (AvgIpc) is 2.12. The summed E-state index contributed by atoms with van der Waals surface area (Å²) < 4.78 is 4.82. The van der Waals surface area contributed by atoms with Gasteiger partial charge < -0.3 is 4.74 Å². The van der Waals surface area contributed by atoms with E-state index >= 15 is 0 Å². The van der Waals surface area contributed by atoms with Crippen LogP contribution in [-0.4, -0.2) is 12.1 Å². The molecule has 1 atom stereocenters. The van der Waals surface area contributed by atoms with Crippen molar-refractivity contribution in [3.05, 3.63) is 12.2 Å². The zero-order chi connectivity index (χ0) is 10.1. The first-order valence-corrected chi connectivity index (χ1v) is 4.54. The van der Waals surface area contributed by atoms with Crippen LogP contribution in [0, 0.1) is 12.3 Å². The molecule has 0 N–H and O–H groups in total. The predicted octanol–water partition coefficient (Wildman–Crippen LogP) is 2.30. The highest BCUT2D eigenvalue weighted by Gasteiger charge is 2.00. The maximum absolute atomic E-state index is 11.0. The Balaban J connectivity index is 3.62. The number of unbranched alkanes of at least 4 members (excludes halogenated alkanes) is 2. The lowest BCUT2D eigenvalue weighted by atomic mass is 10.2. The van der Waals surface area contributed by atoms with Gasteiger partial charge in [-0.1, -0.05) is 31.8 Å². The molecule has 1 unspecified atom stereocenters. The quantitative estimate of drug-likeness (QED) is 0.281. The van der Waals surface area contributed by atoms with Crippen molar-refractivity contribution in [2.45, 2.75) is 39.2 Å². The lowest BCUT2D eigenvalue weighted by molar-refractivity contribution is -0.139. The van der Waals surface area contributed by atoms with Gasteiger partial charge in [0, 0.05) is 6.08 Å². The second-order valence-corrected chi connectivity index (χ2v) is 2.79. The fraction of sp³-hybridized carbons (Fsp3) is 0.545. The Hall–Kier alpha value is -1.23.